The molecule has 4 rings (SSSR count). The summed E-state index contributed by atoms with van der Waals surface area (Å²) in [5.74, 6) is -0.728. The zero-order valence-electron chi connectivity index (χ0n) is 15.9. The van der Waals surface area contributed by atoms with Gasteiger partial charge in [0.1, 0.15) is 35.0 Å². The van der Waals surface area contributed by atoms with Gasteiger partial charge in [-0.1, -0.05) is 12.1 Å². The molecule has 1 atom stereocenters. The number of nitriles is 1. The summed E-state index contributed by atoms with van der Waals surface area (Å²) < 4.78 is 22.3. The minimum atomic E-state index is -0.700. The van der Waals surface area contributed by atoms with E-state index in [0.29, 0.717) is 5.52 Å². The summed E-state index contributed by atoms with van der Waals surface area (Å²) in [6, 6.07) is 4.19. The van der Waals surface area contributed by atoms with E-state index in [1.807, 2.05) is 6.07 Å². The molecule has 0 saturated carbocycles. The third kappa shape index (κ3) is 2.70. The normalized spacial score (nSPS) is 12.7. The number of nitrogens with zero attached hydrogens (tertiary/aromatic N) is 6. The van der Waals surface area contributed by atoms with E-state index < -0.39 is 11.4 Å². The summed E-state index contributed by atoms with van der Waals surface area (Å²) >= 11 is 0. The minimum Gasteiger partial charge on any atom is -0.396 e. The SMILES string of the molecule is CC(CO)c1nc(-c2ncn3c2c(=O)n(C(C)C)c2c(C#N)c(F)ccc23)no1. The molecule has 1 N–H and O–H groups in total. The van der Waals surface area contributed by atoms with Crippen LogP contribution in [0.2, 0.25) is 0 Å². The summed E-state index contributed by atoms with van der Waals surface area (Å²) in [7, 11) is 0. The number of rotatable bonds is 4. The van der Waals surface area contributed by atoms with Crippen molar-refractivity contribution in [3.8, 4) is 17.6 Å². The van der Waals surface area contributed by atoms with Crippen molar-refractivity contribution < 1.29 is 14.0 Å². The fourth-order valence-electron chi connectivity index (χ4n) is 3.32. The van der Waals surface area contributed by atoms with Crippen LogP contribution >= 0.6 is 0 Å². The van der Waals surface area contributed by atoms with E-state index in [9.17, 15) is 19.6 Å². The number of imidazole rings is 1. The number of aliphatic hydroxyl groups excluding tert-OH is 1. The van der Waals surface area contributed by atoms with Crippen molar-refractivity contribution in [1.29, 1.82) is 5.26 Å². The molecular formula is C19H17FN6O3. The Labute approximate surface area is 163 Å². The van der Waals surface area contributed by atoms with Crippen molar-refractivity contribution >= 4 is 16.6 Å². The zero-order chi connectivity index (χ0) is 20.9. The maximum atomic E-state index is 14.3. The van der Waals surface area contributed by atoms with Gasteiger partial charge in [-0.3, -0.25) is 9.20 Å². The van der Waals surface area contributed by atoms with Crippen molar-refractivity contribution in [3.63, 3.8) is 0 Å². The molecule has 29 heavy (non-hydrogen) atoms. The Kier molecular flexibility index (Phi) is 4.39. The van der Waals surface area contributed by atoms with Crippen LogP contribution < -0.4 is 5.56 Å². The highest BCUT2D eigenvalue weighted by atomic mass is 19.1. The quantitative estimate of drug-likeness (QED) is 0.562. The monoisotopic (exact) mass is 396 g/mol. The number of benzene rings is 1. The van der Waals surface area contributed by atoms with E-state index in [1.165, 1.54) is 27.4 Å². The Morgan fingerprint density at radius 1 is 1.31 bits per heavy atom. The minimum absolute atomic E-state index is 0.108. The predicted molar refractivity (Wildman–Crippen MR) is 101 cm³/mol. The Morgan fingerprint density at radius 2 is 2.07 bits per heavy atom. The van der Waals surface area contributed by atoms with Gasteiger partial charge < -0.3 is 14.2 Å². The average molecular weight is 396 g/mol. The van der Waals surface area contributed by atoms with Gasteiger partial charge in [-0.25, -0.2) is 9.37 Å². The summed E-state index contributed by atoms with van der Waals surface area (Å²) in [6.07, 6.45) is 1.41. The number of fused-ring (bicyclic) bond motifs is 3. The highest BCUT2D eigenvalue weighted by Crippen LogP contribution is 2.27. The first kappa shape index (κ1) is 18.8. The number of aliphatic hydroxyl groups is 1. The largest absolute Gasteiger partial charge is 0.396 e. The molecule has 0 fully saturated rings. The lowest BCUT2D eigenvalue weighted by molar-refractivity contribution is 0.242. The fourth-order valence-corrected chi connectivity index (χ4v) is 3.32. The molecule has 0 amide bonds. The van der Waals surface area contributed by atoms with Gasteiger partial charge in [0, 0.05) is 6.04 Å². The average Bonchev–Trinajstić information content (AvgIpc) is 3.34. The Morgan fingerprint density at radius 3 is 2.72 bits per heavy atom. The molecule has 3 heterocycles. The van der Waals surface area contributed by atoms with E-state index in [1.54, 1.807) is 20.8 Å². The van der Waals surface area contributed by atoms with Gasteiger partial charge in [0.15, 0.2) is 0 Å². The molecular weight excluding hydrogens is 379 g/mol. The number of hydrogen-bond donors (Lipinski definition) is 1. The Hall–Kier alpha value is -3.58. The molecule has 1 unspecified atom stereocenters. The van der Waals surface area contributed by atoms with Crippen LogP contribution in [0.5, 0.6) is 0 Å². The summed E-state index contributed by atoms with van der Waals surface area (Å²) in [6.45, 7) is 5.10. The lowest BCUT2D eigenvalue weighted by Crippen LogP contribution is -2.25. The molecule has 0 aliphatic carbocycles. The molecule has 0 aliphatic heterocycles. The summed E-state index contributed by atoms with van der Waals surface area (Å²) in [4.78, 5) is 21.9. The van der Waals surface area contributed by atoms with Crippen LogP contribution in [0, 0.1) is 17.1 Å². The molecule has 0 aliphatic rings. The number of aromatic nitrogens is 5. The maximum absolute atomic E-state index is 14.3. The van der Waals surface area contributed by atoms with E-state index in [4.69, 9.17) is 4.52 Å². The molecule has 0 spiro atoms. The van der Waals surface area contributed by atoms with E-state index in [-0.39, 0.29) is 52.6 Å². The van der Waals surface area contributed by atoms with Gasteiger partial charge >= 0.3 is 0 Å². The van der Waals surface area contributed by atoms with Gasteiger partial charge in [-0.15, -0.1) is 0 Å². The van der Waals surface area contributed by atoms with Crippen LogP contribution in [-0.4, -0.2) is 35.8 Å². The molecule has 10 heteroatoms. The highest BCUT2D eigenvalue weighted by Gasteiger charge is 2.24. The van der Waals surface area contributed by atoms with Crippen molar-refractivity contribution in [2.75, 3.05) is 6.61 Å². The van der Waals surface area contributed by atoms with Crippen molar-refractivity contribution in [2.24, 2.45) is 0 Å². The topological polar surface area (TPSA) is 122 Å². The second kappa shape index (κ2) is 6.79. The summed E-state index contributed by atoms with van der Waals surface area (Å²) in [5, 5.41) is 22.6. The van der Waals surface area contributed by atoms with Crippen LogP contribution in [0.3, 0.4) is 0 Å². The van der Waals surface area contributed by atoms with Crippen molar-refractivity contribution in [2.45, 2.75) is 32.7 Å². The molecule has 148 valence electrons. The predicted octanol–water partition coefficient (Wildman–Crippen LogP) is 2.39. The highest BCUT2D eigenvalue weighted by molar-refractivity contribution is 5.87. The third-order valence-electron chi connectivity index (χ3n) is 4.77. The van der Waals surface area contributed by atoms with E-state index in [0.717, 1.165) is 0 Å². The first-order valence-corrected chi connectivity index (χ1v) is 8.97. The van der Waals surface area contributed by atoms with Crippen LogP contribution in [0.15, 0.2) is 27.8 Å². The lowest BCUT2D eigenvalue weighted by atomic mass is 10.1. The number of hydrogen-bond acceptors (Lipinski definition) is 7. The standard InChI is InChI=1S/C19H17FN6O3/c1-9(2)26-15-11(6-21)12(20)4-5-13(15)25-8-22-14(16(25)19(26)28)17-23-18(29-24-17)10(3)7-27/h4-5,8-10,27H,7H2,1-3H3. The van der Waals surface area contributed by atoms with Gasteiger partial charge in [-0.2, -0.15) is 10.2 Å². The summed E-state index contributed by atoms with van der Waals surface area (Å²) in [5.41, 5.74) is 0.386. The Balaban J connectivity index is 2.11. The second-order valence-electron chi connectivity index (χ2n) is 7.02. The molecule has 3 aromatic heterocycles. The Bertz CT molecular complexity index is 1340. The van der Waals surface area contributed by atoms with Crippen LogP contribution in [0.4, 0.5) is 4.39 Å². The molecule has 1 aromatic carbocycles. The van der Waals surface area contributed by atoms with Crippen LogP contribution in [0.25, 0.3) is 28.1 Å². The molecule has 9 nitrogen and oxygen atoms in total. The van der Waals surface area contributed by atoms with E-state index in [2.05, 4.69) is 15.1 Å². The van der Waals surface area contributed by atoms with Gasteiger partial charge in [0.05, 0.1) is 23.6 Å². The molecule has 0 radical (unpaired) electrons. The fraction of sp³-hybridized carbons (Fsp3) is 0.316. The molecule has 4 aromatic rings. The van der Waals surface area contributed by atoms with E-state index >= 15 is 0 Å². The smallest absolute Gasteiger partial charge is 0.278 e. The van der Waals surface area contributed by atoms with Gasteiger partial charge in [0.2, 0.25) is 11.7 Å². The lowest BCUT2D eigenvalue weighted by Gasteiger charge is -2.16. The zero-order valence-corrected chi connectivity index (χ0v) is 15.9. The first-order chi connectivity index (χ1) is 13.9. The first-order valence-electron chi connectivity index (χ1n) is 8.97. The number of halogens is 1. The third-order valence-corrected chi connectivity index (χ3v) is 4.77. The maximum Gasteiger partial charge on any atom is 0.278 e. The van der Waals surface area contributed by atoms with Crippen molar-refractivity contribution in [3.05, 3.63) is 46.1 Å². The van der Waals surface area contributed by atoms with Gasteiger partial charge in [-0.05, 0) is 26.0 Å². The second-order valence-corrected chi connectivity index (χ2v) is 7.02. The van der Waals surface area contributed by atoms with Gasteiger partial charge in [0.25, 0.3) is 5.56 Å². The van der Waals surface area contributed by atoms with Crippen LogP contribution in [-0.2, 0) is 0 Å². The van der Waals surface area contributed by atoms with Crippen molar-refractivity contribution in [1.82, 2.24) is 24.1 Å². The molecule has 0 bridgehead atoms. The molecule has 0 saturated heterocycles. The van der Waals surface area contributed by atoms with Crippen LogP contribution in [0.1, 0.15) is 44.2 Å².